The van der Waals surface area contributed by atoms with Crippen LogP contribution in [0.5, 0.6) is 0 Å². The maximum atomic E-state index is 6.15. The lowest BCUT2D eigenvalue weighted by Crippen LogP contribution is -2.29. The first-order valence-electron chi connectivity index (χ1n) is 5.25. The zero-order valence-corrected chi connectivity index (χ0v) is 10.9. The molecule has 0 amide bonds. The van der Waals surface area contributed by atoms with Crippen LogP contribution in [0.25, 0.3) is 0 Å². The highest BCUT2D eigenvalue weighted by Gasteiger charge is 2.14. The van der Waals surface area contributed by atoms with Crippen molar-refractivity contribution in [1.29, 1.82) is 0 Å². The third-order valence-electron chi connectivity index (χ3n) is 2.45. The summed E-state index contributed by atoms with van der Waals surface area (Å²) in [4.78, 5) is 0. The van der Waals surface area contributed by atoms with Gasteiger partial charge in [0.1, 0.15) is 0 Å². The highest BCUT2D eigenvalue weighted by atomic mass is 35.5. The van der Waals surface area contributed by atoms with Gasteiger partial charge in [-0.2, -0.15) is 0 Å². The molecule has 0 fully saturated rings. The van der Waals surface area contributed by atoms with Crippen LogP contribution in [0.1, 0.15) is 31.9 Å². The van der Waals surface area contributed by atoms with Crippen LogP contribution >= 0.6 is 23.2 Å². The monoisotopic (exact) mass is 255 g/mol. The molecule has 86 valence electrons. The average Bonchev–Trinajstić information content (AvgIpc) is 2.26. The Balaban J connectivity index is 2.91. The number of terminal acetylenes is 1. The first-order valence-corrected chi connectivity index (χ1v) is 6.01. The van der Waals surface area contributed by atoms with Crippen LogP contribution in [-0.2, 0) is 0 Å². The molecule has 1 aromatic rings. The molecule has 0 saturated carbocycles. The average molecular weight is 256 g/mol. The van der Waals surface area contributed by atoms with E-state index in [1.165, 1.54) is 0 Å². The summed E-state index contributed by atoms with van der Waals surface area (Å²) in [7, 11) is 0. The molecule has 0 aliphatic carbocycles. The van der Waals surface area contributed by atoms with E-state index in [4.69, 9.17) is 29.6 Å². The third kappa shape index (κ3) is 3.42. The van der Waals surface area contributed by atoms with E-state index in [1.54, 1.807) is 6.07 Å². The molecule has 0 aliphatic rings. The van der Waals surface area contributed by atoms with Crippen LogP contribution in [-0.4, -0.2) is 6.04 Å². The topological polar surface area (TPSA) is 12.0 Å². The molecule has 0 radical (unpaired) electrons. The molecular formula is C13H15Cl2N. The van der Waals surface area contributed by atoms with Crippen LogP contribution in [0.2, 0.25) is 10.0 Å². The Kier molecular flexibility index (Phi) is 5.15. The largest absolute Gasteiger partial charge is 0.297 e. The molecule has 1 N–H and O–H groups in total. The van der Waals surface area contributed by atoms with Crippen LogP contribution in [0, 0.1) is 12.3 Å². The van der Waals surface area contributed by atoms with Gasteiger partial charge in [-0.3, -0.25) is 5.32 Å². The molecule has 1 rings (SSSR count). The maximum Gasteiger partial charge on any atom is 0.0663 e. The van der Waals surface area contributed by atoms with Gasteiger partial charge in [0.05, 0.1) is 6.04 Å². The van der Waals surface area contributed by atoms with E-state index in [1.807, 2.05) is 19.1 Å². The standard InChI is InChI=1S/C13H15Cl2N/c1-4-9(3)16-13(5-2)11-7-6-10(14)8-12(11)15/h1,6-9,13,16H,5H2,2-3H3. The predicted molar refractivity (Wildman–Crippen MR) is 70.9 cm³/mol. The highest BCUT2D eigenvalue weighted by molar-refractivity contribution is 6.35. The van der Waals surface area contributed by atoms with Gasteiger partial charge in [-0.25, -0.2) is 0 Å². The van der Waals surface area contributed by atoms with Crippen molar-refractivity contribution in [3.63, 3.8) is 0 Å². The van der Waals surface area contributed by atoms with Gasteiger partial charge in [-0.15, -0.1) is 6.42 Å². The Hall–Kier alpha value is -0.680. The number of nitrogens with one attached hydrogen (secondary N) is 1. The van der Waals surface area contributed by atoms with Gasteiger partial charge < -0.3 is 0 Å². The van der Waals surface area contributed by atoms with Gasteiger partial charge in [0, 0.05) is 16.1 Å². The minimum Gasteiger partial charge on any atom is -0.297 e. The summed E-state index contributed by atoms with van der Waals surface area (Å²) in [6.07, 6.45) is 6.27. The maximum absolute atomic E-state index is 6.15. The molecule has 0 spiro atoms. The van der Waals surface area contributed by atoms with Crippen molar-refractivity contribution in [2.45, 2.75) is 32.4 Å². The summed E-state index contributed by atoms with van der Waals surface area (Å²) in [5.41, 5.74) is 1.04. The van der Waals surface area contributed by atoms with E-state index < -0.39 is 0 Å². The molecular weight excluding hydrogens is 241 g/mol. The Morgan fingerprint density at radius 3 is 2.62 bits per heavy atom. The summed E-state index contributed by atoms with van der Waals surface area (Å²) in [5, 5.41) is 4.65. The lowest BCUT2D eigenvalue weighted by molar-refractivity contribution is 0.498. The van der Waals surface area contributed by atoms with E-state index >= 15 is 0 Å². The zero-order valence-electron chi connectivity index (χ0n) is 9.43. The van der Waals surface area contributed by atoms with E-state index in [9.17, 15) is 0 Å². The molecule has 0 saturated heterocycles. The third-order valence-corrected chi connectivity index (χ3v) is 3.01. The first kappa shape index (κ1) is 13.4. The smallest absolute Gasteiger partial charge is 0.0663 e. The van der Waals surface area contributed by atoms with Crippen molar-refractivity contribution in [2.24, 2.45) is 0 Å². The lowest BCUT2D eigenvalue weighted by atomic mass is 10.0. The molecule has 16 heavy (non-hydrogen) atoms. The minimum atomic E-state index is 0.0247. The van der Waals surface area contributed by atoms with Crippen molar-refractivity contribution in [3.8, 4) is 12.3 Å². The van der Waals surface area contributed by atoms with Gasteiger partial charge in [0.15, 0.2) is 0 Å². The Labute approximate surface area is 107 Å². The van der Waals surface area contributed by atoms with Crippen molar-refractivity contribution in [3.05, 3.63) is 33.8 Å². The van der Waals surface area contributed by atoms with E-state index in [-0.39, 0.29) is 12.1 Å². The normalized spacial score (nSPS) is 14.2. The molecule has 1 aromatic carbocycles. The second kappa shape index (κ2) is 6.15. The van der Waals surface area contributed by atoms with E-state index in [2.05, 4.69) is 18.2 Å². The quantitative estimate of drug-likeness (QED) is 0.801. The van der Waals surface area contributed by atoms with Crippen molar-refractivity contribution in [2.75, 3.05) is 0 Å². The molecule has 1 nitrogen and oxygen atoms in total. The van der Waals surface area contributed by atoms with Crippen LogP contribution in [0.15, 0.2) is 18.2 Å². The molecule has 3 heteroatoms. The fourth-order valence-electron chi connectivity index (χ4n) is 1.56. The van der Waals surface area contributed by atoms with E-state index in [0.717, 1.165) is 12.0 Å². The van der Waals surface area contributed by atoms with Gasteiger partial charge in [0.2, 0.25) is 0 Å². The second-order valence-corrected chi connectivity index (χ2v) is 4.53. The number of hydrogen-bond acceptors (Lipinski definition) is 1. The molecule has 0 bridgehead atoms. The highest BCUT2D eigenvalue weighted by Crippen LogP contribution is 2.28. The number of halogens is 2. The molecule has 0 aliphatic heterocycles. The summed E-state index contributed by atoms with van der Waals surface area (Å²) in [5.74, 6) is 2.65. The van der Waals surface area contributed by atoms with Gasteiger partial charge in [0.25, 0.3) is 0 Å². The summed E-state index contributed by atoms with van der Waals surface area (Å²) >= 11 is 12.0. The van der Waals surface area contributed by atoms with Crippen LogP contribution < -0.4 is 5.32 Å². The summed E-state index contributed by atoms with van der Waals surface area (Å²) in [6.45, 7) is 4.04. The van der Waals surface area contributed by atoms with Crippen LogP contribution in [0.3, 0.4) is 0 Å². The molecule has 2 unspecified atom stereocenters. The summed E-state index contributed by atoms with van der Waals surface area (Å²) < 4.78 is 0. The zero-order chi connectivity index (χ0) is 12.1. The number of benzene rings is 1. The Bertz CT molecular complexity index is 395. The Morgan fingerprint density at radius 2 is 2.12 bits per heavy atom. The molecule has 0 heterocycles. The Morgan fingerprint density at radius 1 is 1.44 bits per heavy atom. The summed E-state index contributed by atoms with van der Waals surface area (Å²) in [6, 6.07) is 5.72. The van der Waals surface area contributed by atoms with Gasteiger partial charge in [-0.1, -0.05) is 42.1 Å². The fraction of sp³-hybridized carbons (Fsp3) is 0.385. The lowest BCUT2D eigenvalue weighted by Gasteiger charge is -2.20. The van der Waals surface area contributed by atoms with Crippen molar-refractivity contribution in [1.82, 2.24) is 5.32 Å². The second-order valence-electron chi connectivity index (χ2n) is 3.68. The minimum absolute atomic E-state index is 0.0247. The van der Waals surface area contributed by atoms with E-state index in [0.29, 0.717) is 10.0 Å². The fourth-order valence-corrected chi connectivity index (χ4v) is 2.10. The number of rotatable bonds is 4. The molecule has 0 aromatic heterocycles. The predicted octanol–water partition coefficient (Wildman–Crippen LogP) is 4.06. The van der Waals surface area contributed by atoms with Crippen LogP contribution in [0.4, 0.5) is 0 Å². The van der Waals surface area contributed by atoms with Crippen molar-refractivity contribution < 1.29 is 0 Å². The van der Waals surface area contributed by atoms with Gasteiger partial charge in [-0.05, 0) is 31.0 Å². The first-order chi connectivity index (χ1) is 7.58. The van der Waals surface area contributed by atoms with Gasteiger partial charge >= 0.3 is 0 Å². The molecule has 2 atom stereocenters. The SMILES string of the molecule is C#CC(C)NC(CC)c1ccc(Cl)cc1Cl. The van der Waals surface area contributed by atoms with Crippen molar-refractivity contribution >= 4 is 23.2 Å². The number of hydrogen-bond donors (Lipinski definition) is 1.